The van der Waals surface area contributed by atoms with Gasteiger partial charge in [-0.2, -0.15) is 0 Å². The van der Waals surface area contributed by atoms with Gasteiger partial charge < -0.3 is 14.8 Å². The van der Waals surface area contributed by atoms with Gasteiger partial charge >= 0.3 is 5.97 Å². The Morgan fingerprint density at radius 2 is 1.65 bits per heavy atom. The lowest BCUT2D eigenvalue weighted by Gasteiger charge is -2.15. The molecule has 0 aromatic heterocycles. The third-order valence-electron chi connectivity index (χ3n) is 3.85. The van der Waals surface area contributed by atoms with E-state index in [9.17, 15) is 9.59 Å². The minimum Gasteiger partial charge on any atom is -0.481 e. The van der Waals surface area contributed by atoms with Crippen LogP contribution in [0.3, 0.4) is 0 Å². The van der Waals surface area contributed by atoms with Crippen LogP contribution in [-0.2, 0) is 14.3 Å². The molecule has 0 saturated carbocycles. The van der Waals surface area contributed by atoms with Crippen molar-refractivity contribution in [3.63, 3.8) is 0 Å². The van der Waals surface area contributed by atoms with Crippen molar-refractivity contribution in [1.82, 2.24) is 5.32 Å². The molecule has 0 aliphatic heterocycles. The van der Waals surface area contributed by atoms with Crippen LogP contribution in [0.25, 0.3) is 0 Å². The zero-order chi connectivity index (χ0) is 19.1. The maximum Gasteiger partial charge on any atom is 0.344 e. The predicted octanol–water partition coefficient (Wildman–Crippen LogP) is 3.87. The van der Waals surface area contributed by atoms with E-state index in [1.54, 1.807) is 0 Å². The molecule has 1 atom stereocenters. The molecule has 6 heteroatoms. The monoisotopic (exact) mass is 419 g/mol. The number of aryl methyl sites for hydroxylation is 2. The van der Waals surface area contributed by atoms with Crippen molar-refractivity contribution in [2.75, 3.05) is 13.2 Å². The van der Waals surface area contributed by atoms with Crippen LogP contribution in [0.1, 0.15) is 29.7 Å². The molecule has 5 nitrogen and oxygen atoms in total. The summed E-state index contributed by atoms with van der Waals surface area (Å²) >= 11 is 3.37. The van der Waals surface area contributed by atoms with Crippen LogP contribution >= 0.6 is 15.9 Å². The smallest absolute Gasteiger partial charge is 0.344 e. The summed E-state index contributed by atoms with van der Waals surface area (Å²) in [6.45, 7) is 5.11. The average Bonchev–Trinajstić information content (AvgIpc) is 2.60. The fourth-order valence-electron chi connectivity index (χ4n) is 2.46. The number of ether oxygens (including phenoxy) is 2. The molecule has 0 heterocycles. The van der Waals surface area contributed by atoms with Gasteiger partial charge in [0.25, 0.3) is 5.91 Å². The third-order valence-corrected chi connectivity index (χ3v) is 4.38. The lowest BCUT2D eigenvalue weighted by molar-refractivity contribution is -0.150. The molecule has 0 fully saturated rings. The largest absolute Gasteiger partial charge is 0.481 e. The number of hydrogen-bond donors (Lipinski definition) is 1. The van der Waals surface area contributed by atoms with E-state index in [1.807, 2.05) is 63.2 Å². The van der Waals surface area contributed by atoms with Crippen molar-refractivity contribution in [2.24, 2.45) is 0 Å². The summed E-state index contributed by atoms with van der Waals surface area (Å²) in [5, 5.41) is 2.79. The van der Waals surface area contributed by atoms with Crippen LogP contribution in [0.2, 0.25) is 0 Å². The highest BCUT2D eigenvalue weighted by Crippen LogP contribution is 2.22. The number of hydrogen-bond acceptors (Lipinski definition) is 4. The molecule has 138 valence electrons. The van der Waals surface area contributed by atoms with Gasteiger partial charge in [-0.3, -0.25) is 4.79 Å². The Morgan fingerprint density at radius 3 is 2.27 bits per heavy atom. The lowest BCUT2D eigenvalue weighted by Crippen LogP contribution is -2.32. The number of carbonyl (C=O) groups is 2. The van der Waals surface area contributed by atoms with Crippen molar-refractivity contribution in [1.29, 1.82) is 0 Å². The van der Waals surface area contributed by atoms with E-state index in [2.05, 4.69) is 21.2 Å². The summed E-state index contributed by atoms with van der Waals surface area (Å²) in [6.07, 6.45) is 0. The van der Waals surface area contributed by atoms with Crippen LogP contribution in [0.5, 0.6) is 5.75 Å². The second kappa shape index (κ2) is 9.38. The Bertz CT molecular complexity index is 754. The zero-order valence-electron chi connectivity index (χ0n) is 15.0. The third kappa shape index (κ3) is 5.88. The molecule has 0 radical (unpaired) electrons. The van der Waals surface area contributed by atoms with Crippen molar-refractivity contribution < 1.29 is 19.1 Å². The molecule has 26 heavy (non-hydrogen) atoms. The number of nitrogens with one attached hydrogen (secondary N) is 1. The second-order valence-corrected chi connectivity index (χ2v) is 6.93. The molecule has 2 aromatic rings. The van der Waals surface area contributed by atoms with Gasteiger partial charge in [0.2, 0.25) is 0 Å². The van der Waals surface area contributed by atoms with E-state index in [-0.39, 0.29) is 25.2 Å². The van der Waals surface area contributed by atoms with E-state index in [0.717, 1.165) is 21.2 Å². The lowest BCUT2D eigenvalue weighted by atomic mass is 10.1. The second-order valence-electron chi connectivity index (χ2n) is 6.01. The fraction of sp³-hybridized carbons (Fsp3) is 0.300. The predicted molar refractivity (Wildman–Crippen MR) is 103 cm³/mol. The van der Waals surface area contributed by atoms with Crippen molar-refractivity contribution >= 4 is 27.8 Å². The Kier molecular flexibility index (Phi) is 7.21. The van der Waals surface area contributed by atoms with E-state index in [1.165, 1.54) is 0 Å². The number of esters is 1. The average molecular weight is 420 g/mol. The van der Waals surface area contributed by atoms with Crippen LogP contribution in [0.4, 0.5) is 0 Å². The SMILES string of the molecule is Cc1cccc(C)c1OCC(=O)OCC(=O)N[C@@H](C)c1ccc(Br)cc1. The fourth-order valence-corrected chi connectivity index (χ4v) is 2.73. The summed E-state index contributed by atoms with van der Waals surface area (Å²) in [4.78, 5) is 23.7. The van der Waals surface area contributed by atoms with Crippen LogP contribution in [0, 0.1) is 13.8 Å². The first-order chi connectivity index (χ1) is 12.4. The standard InChI is InChI=1S/C20H22BrNO4/c1-13-5-4-6-14(2)20(13)26-12-19(24)25-11-18(23)22-15(3)16-7-9-17(21)10-8-16/h4-10,15H,11-12H2,1-3H3,(H,22,23)/t15-/m0/s1. The van der Waals surface area contributed by atoms with Gasteiger partial charge in [0.15, 0.2) is 13.2 Å². The summed E-state index contributed by atoms with van der Waals surface area (Å²) < 4.78 is 11.5. The van der Waals surface area contributed by atoms with E-state index < -0.39 is 5.97 Å². The normalized spacial score (nSPS) is 11.5. The number of carbonyl (C=O) groups excluding carboxylic acids is 2. The minimum atomic E-state index is -0.584. The van der Waals surface area contributed by atoms with E-state index >= 15 is 0 Å². The number of benzene rings is 2. The van der Waals surface area contributed by atoms with Gasteiger partial charge in [0, 0.05) is 4.47 Å². The summed E-state index contributed by atoms with van der Waals surface area (Å²) in [5.41, 5.74) is 2.85. The van der Waals surface area contributed by atoms with Crippen molar-refractivity contribution in [3.05, 3.63) is 63.6 Å². The van der Waals surface area contributed by atoms with Crippen LogP contribution in [-0.4, -0.2) is 25.1 Å². The molecule has 2 aromatic carbocycles. The molecule has 0 bridgehead atoms. The Morgan fingerprint density at radius 1 is 1.04 bits per heavy atom. The number of amides is 1. The highest BCUT2D eigenvalue weighted by atomic mass is 79.9. The van der Waals surface area contributed by atoms with Gasteiger partial charge in [-0.25, -0.2) is 4.79 Å². The van der Waals surface area contributed by atoms with Gasteiger partial charge in [0.1, 0.15) is 5.75 Å². The highest BCUT2D eigenvalue weighted by molar-refractivity contribution is 9.10. The van der Waals surface area contributed by atoms with E-state index in [4.69, 9.17) is 9.47 Å². The maximum atomic E-state index is 11.9. The number of rotatable bonds is 7. The molecular formula is C20H22BrNO4. The molecule has 0 saturated heterocycles. The summed E-state index contributed by atoms with van der Waals surface area (Å²) in [7, 11) is 0. The molecular weight excluding hydrogens is 398 g/mol. The molecule has 0 aliphatic carbocycles. The van der Waals surface area contributed by atoms with Crippen molar-refractivity contribution in [3.8, 4) is 5.75 Å². The highest BCUT2D eigenvalue weighted by Gasteiger charge is 2.13. The first kappa shape index (κ1) is 20.0. The Labute approximate surface area is 161 Å². The Balaban J connectivity index is 1.76. The minimum absolute atomic E-state index is 0.180. The van der Waals surface area contributed by atoms with Crippen LogP contribution < -0.4 is 10.1 Å². The van der Waals surface area contributed by atoms with Gasteiger partial charge in [-0.15, -0.1) is 0 Å². The van der Waals surface area contributed by atoms with E-state index in [0.29, 0.717) is 5.75 Å². The first-order valence-electron chi connectivity index (χ1n) is 8.26. The topological polar surface area (TPSA) is 64.6 Å². The first-order valence-corrected chi connectivity index (χ1v) is 9.05. The summed E-state index contributed by atoms with van der Waals surface area (Å²) in [5.74, 6) is -0.280. The van der Waals surface area contributed by atoms with Crippen LogP contribution in [0.15, 0.2) is 46.9 Å². The molecule has 2 rings (SSSR count). The van der Waals surface area contributed by atoms with Crippen molar-refractivity contribution in [2.45, 2.75) is 26.8 Å². The van der Waals surface area contributed by atoms with Gasteiger partial charge in [-0.05, 0) is 49.6 Å². The number of para-hydroxylation sites is 1. The molecule has 0 spiro atoms. The molecule has 1 N–H and O–H groups in total. The number of halogens is 1. The Hall–Kier alpha value is -2.34. The summed E-state index contributed by atoms with van der Waals surface area (Å²) in [6, 6.07) is 13.2. The molecule has 0 aliphatic rings. The maximum absolute atomic E-state index is 11.9. The molecule has 0 unspecified atom stereocenters. The van der Waals surface area contributed by atoms with Gasteiger partial charge in [0.05, 0.1) is 6.04 Å². The quantitative estimate of drug-likeness (QED) is 0.691. The molecule has 1 amide bonds. The zero-order valence-corrected chi connectivity index (χ0v) is 16.6. The van der Waals surface area contributed by atoms with Gasteiger partial charge in [-0.1, -0.05) is 46.3 Å².